The second-order valence-electron chi connectivity index (χ2n) is 5.18. The van der Waals surface area contributed by atoms with Crippen molar-refractivity contribution >= 4 is 0 Å². The molecule has 0 aromatic heterocycles. The smallest absolute Gasteiger partial charge is 0.164 e. The largest absolute Gasteiger partial charge is 0.196 e. The lowest BCUT2D eigenvalue weighted by molar-refractivity contribution is 0.434. The van der Waals surface area contributed by atoms with E-state index in [-0.39, 0.29) is 0 Å². The molecular weight excluding hydrogens is 224 g/mol. The minimum absolute atomic E-state index is 0.693. The van der Waals surface area contributed by atoms with E-state index in [9.17, 15) is 10.5 Å². The Kier molecular flexibility index (Phi) is 7.20. The van der Waals surface area contributed by atoms with E-state index in [4.69, 9.17) is 0 Å². The van der Waals surface area contributed by atoms with E-state index < -0.39 is 11.1 Å². The van der Waals surface area contributed by atoms with Crippen LogP contribution < -0.4 is 0 Å². The molecule has 0 fully saturated rings. The fourth-order valence-electron chi connectivity index (χ4n) is 1.52. The Morgan fingerprint density at radius 1 is 0.833 bits per heavy atom. The standard InChI is InChI=1S/C14H24N4/c1-5-7-9-13(3,11-15)17-18-14(4,12-16)10-8-6-2/h5-10H2,1-4H3/b18-17+. The molecule has 0 amide bonds. The van der Waals surface area contributed by atoms with Crippen LogP contribution in [0.4, 0.5) is 0 Å². The number of azo groups is 1. The molecule has 18 heavy (non-hydrogen) atoms. The van der Waals surface area contributed by atoms with Crippen molar-refractivity contribution in [2.75, 3.05) is 0 Å². The summed E-state index contributed by atoms with van der Waals surface area (Å²) >= 11 is 0. The van der Waals surface area contributed by atoms with Crippen LogP contribution in [0.5, 0.6) is 0 Å². The quantitative estimate of drug-likeness (QED) is 0.598. The SMILES string of the molecule is CCCCC(C)(C#N)/N=N/C(C)(C#N)CCCC. The van der Waals surface area contributed by atoms with Gasteiger partial charge < -0.3 is 0 Å². The molecule has 4 heteroatoms. The van der Waals surface area contributed by atoms with Gasteiger partial charge in [0, 0.05) is 0 Å². The highest BCUT2D eigenvalue weighted by Gasteiger charge is 2.27. The number of nitriles is 2. The lowest BCUT2D eigenvalue weighted by Crippen LogP contribution is -2.23. The molecule has 0 aliphatic heterocycles. The number of rotatable bonds is 8. The van der Waals surface area contributed by atoms with Gasteiger partial charge in [0.25, 0.3) is 0 Å². The van der Waals surface area contributed by atoms with Crippen molar-refractivity contribution in [3.05, 3.63) is 0 Å². The predicted octanol–water partition coefficient (Wildman–Crippen LogP) is 4.38. The third-order valence-corrected chi connectivity index (χ3v) is 3.01. The Morgan fingerprint density at radius 2 is 1.17 bits per heavy atom. The summed E-state index contributed by atoms with van der Waals surface area (Å²) in [5, 5.41) is 26.6. The summed E-state index contributed by atoms with van der Waals surface area (Å²) < 4.78 is 0. The number of hydrogen-bond acceptors (Lipinski definition) is 4. The molecule has 0 aromatic rings. The molecule has 0 heterocycles. The van der Waals surface area contributed by atoms with Gasteiger partial charge >= 0.3 is 0 Å². The van der Waals surface area contributed by atoms with Crippen molar-refractivity contribution in [2.24, 2.45) is 10.2 Å². The normalized spacial score (nSPS) is 17.7. The maximum Gasteiger partial charge on any atom is 0.164 e. The van der Waals surface area contributed by atoms with Crippen LogP contribution in [0.3, 0.4) is 0 Å². The number of unbranched alkanes of at least 4 members (excludes halogenated alkanes) is 2. The molecule has 0 saturated carbocycles. The van der Waals surface area contributed by atoms with Crippen LogP contribution in [0.2, 0.25) is 0 Å². The summed E-state index contributed by atoms with van der Waals surface area (Å²) in [6, 6.07) is 4.39. The van der Waals surface area contributed by atoms with Crippen molar-refractivity contribution in [3.8, 4) is 12.1 Å². The third kappa shape index (κ3) is 5.77. The van der Waals surface area contributed by atoms with Crippen molar-refractivity contribution < 1.29 is 0 Å². The highest BCUT2D eigenvalue weighted by atomic mass is 15.2. The van der Waals surface area contributed by atoms with Gasteiger partial charge in [-0.15, -0.1) is 0 Å². The Bertz CT molecular complexity index is 316. The van der Waals surface area contributed by atoms with Crippen molar-refractivity contribution in [1.29, 1.82) is 10.5 Å². The average Bonchev–Trinajstić information content (AvgIpc) is 2.40. The summed E-state index contributed by atoms with van der Waals surface area (Å²) in [5.41, 5.74) is -1.58. The third-order valence-electron chi connectivity index (χ3n) is 3.01. The van der Waals surface area contributed by atoms with Gasteiger partial charge in [0.2, 0.25) is 0 Å². The molecule has 2 unspecified atom stereocenters. The van der Waals surface area contributed by atoms with Gasteiger partial charge in [-0.05, 0) is 26.7 Å². The van der Waals surface area contributed by atoms with Crippen LogP contribution in [0, 0.1) is 22.7 Å². The molecule has 0 saturated heterocycles. The van der Waals surface area contributed by atoms with E-state index >= 15 is 0 Å². The molecule has 0 spiro atoms. The first kappa shape index (κ1) is 16.6. The van der Waals surface area contributed by atoms with Gasteiger partial charge in [-0.25, -0.2) is 0 Å². The molecule has 2 atom stereocenters. The zero-order chi connectivity index (χ0) is 14.1. The summed E-state index contributed by atoms with van der Waals surface area (Å²) in [4.78, 5) is 0. The lowest BCUT2D eigenvalue weighted by atomic mass is 9.97. The van der Waals surface area contributed by atoms with Crippen molar-refractivity contribution in [1.82, 2.24) is 0 Å². The molecule has 4 nitrogen and oxygen atoms in total. The van der Waals surface area contributed by atoms with E-state index in [1.165, 1.54) is 0 Å². The number of nitrogens with zero attached hydrogens (tertiary/aromatic N) is 4. The van der Waals surface area contributed by atoms with Crippen LogP contribution in [0.25, 0.3) is 0 Å². The zero-order valence-corrected chi connectivity index (χ0v) is 12.0. The van der Waals surface area contributed by atoms with Crippen molar-refractivity contribution in [3.63, 3.8) is 0 Å². The summed E-state index contributed by atoms with van der Waals surface area (Å²) in [5.74, 6) is 0. The van der Waals surface area contributed by atoms with Crippen LogP contribution >= 0.6 is 0 Å². The van der Waals surface area contributed by atoms with E-state index in [0.717, 1.165) is 25.7 Å². The monoisotopic (exact) mass is 248 g/mol. The Labute approximate surface area is 111 Å². The first-order valence-electron chi connectivity index (χ1n) is 6.72. The van der Waals surface area contributed by atoms with Crippen LogP contribution in [0.15, 0.2) is 10.2 Å². The molecule has 0 radical (unpaired) electrons. The fraction of sp³-hybridized carbons (Fsp3) is 0.857. The second kappa shape index (κ2) is 7.82. The highest BCUT2D eigenvalue weighted by molar-refractivity contribution is 5.07. The molecular formula is C14H24N4. The topological polar surface area (TPSA) is 72.3 Å². The van der Waals surface area contributed by atoms with Crippen molar-refractivity contribution in [2.45, 2.75) is 77.3 Å². The molecule has 100 valence electrons. The molecule has 0 aliphatic carbocycles. The maximum absolute atomic E-state index is 9.17. The first-order valence-corrected chi connectivity index (χ1v) is 6.72. The zero-order valence-electron chi connectivity index (χ0n) is 12.0. The van der Waals surface area contributed by atoms with Gasteiger partial charge in [0.05, 0.1) is 12.1 Å². The van der Waals surface area contributed by atoms with E-state index in [1.54, 1.807) is 13.8 Å². The molecule has 0 aliphatic rings. The Hall–Kier alpha value is -1.42. The summed E-state index contributed by atoms with van der Waals surface area (Å²) in [7, 11) is 0. The highest BCUT2D eigenvalue weighted by Crippen LogP contribution is 2.24. The van der Waals surface area contributed by atoms with E-state index in [0.29, 0.717) is 12.8 Å². The van der Waals surface area contributed by atoms with Crippen LogP contribution in [-0.4, -0.2) is 11.1 Å². The molecule has 0 N–H and O–H groups in total. The van der Waals surface area contributed by atoms with Gasteiger partial charge in [0.1, 0.15) is 0 Å². The predicted molar refractivity (Wildman–Crippen MR) is 71.9 cm³/mol. The van der Waals surface area contributed by atoms with Gasteiger partial charge in [0.15, 0.2) is 11.1 Å². The van der Waals surface area contributed by atoms with E-state index in [1.807, 2.05) is 0 Å². The Balaban J connectivity index is 4.75. The molecule has 0 aromatic carbocycles. The lowest BCUT2D eigenvalue weighted by Gasteiger charge is -2.19. The fourth-order valence-corrected chi connectivity index (χ4v) is 1.52. The van der Waals surface area contributed by atoms with Gasteiger partial charge in [-0.3, -0.25) is 0 Å². The minimum atomic E-state index is -0.791. The summed E-state index contributed by atoms with van der Waals surface area (Å²) in [6.07, 6.45) is 5.33. The van der Waals surface area contributed by atoms with Gasteiger partial charge in [-0.2, -0.15) is 20.8 Å². The summed E-state index contributed by atoms with van der Waals surface area (Å²) in [6.45, 7) is 7.72. The molecule has 0 rings (SSSR count). The van der Waals surface area contributed by atoms with Crippen LogP contribution in [-0.2, 0) is 0 Å². The maximum atomic E-state index is 9.17. The van der Waals surface area contributed by atoms with Gasteiger partial charge in [-0.1, -0.05) is 39.5 Å². The average molecular weight is 248 g/mol. The molecule has 0 bridgehead atoms. The Morgan fingerprint density at radius 3 is 1.39 bits per heavy atom. The minimum Gasteiger partial charge on any atom is -0.196 e. The van der Waals surface area contributed by atoms with Crippen LogP contribution in [0.1, 0.15) is 66.2 Å². The second-order valence-corrected chi connectivity index (χ2v) is 5.18. The first-order chi connectivity index (χ1) is 8.45. The number of hydrogen-bond donors (Lipinski definition) is 0. The van der Waals surface area contributed by atoms with E-state index in [2.05, 4.69) is 36.2 Å².